The van der Waals surface area contributed by atoms with Crippen LogP contribution >= 0.6 is 0 Å². The van der Waals surface area contributed by atoms with Crippen molar-refractivity contribution in [2.75, 3.05) is 6.61 Å². The molecular weight excluding hydrogens is 324 g/mol. The first kappa shape index (κ1) is 17.3. The molecule has 2 atom stereocenters. The Kier molecular flexibility index (Phi) is 5.37. The van der Waals surface area contributed by atoms with Crippen molar-refractivity contribution in [3.8, 4) is 23.6 Å². The van der Waals surface area contributed by atoms with Crippen LogP contribution in [0, 0.1) is 28.6 Å². The van der Waals surface area contributed by atoms with Gasteiger partial charge in [-0.05, 0) is 41.8 Å². The molecule has 0 aliphatic carbocycles. The largest absolute Gasteiger partial charge is 0.508 e. The van der Waals surface area contributed by atoms with Crippen molar-refractivity contribution in [2.45, 2.75) is 12.3 Å². The molecule has 0 aromatic heterocycles. The number of allylic oxidation sites excluding steroid dienone is 3. The smallest absolute Gasteiger partial charge is 0.126 e. The Morgan fingerprint density at radius 2 is 1.85 bits per heavy atom. The number of aromatic hydroxyl groups is 1. The van der Waals surface area contributed by atoms with Crippen LogP contribution in [0.5, 0.6) is 11.5 Å². The molecule has 1 aliphatic rings. The fourth-order valence-electron chi connectivity index (χ4n) is 3.17. The first-order chi connectivity index (χ1) is 12.7. The molecule has 0 radical (unpaired) electrons. The molecule has 2 unspecified atom stereocenters. The van der Waals surface area contributed by atoms with Crippen molar-refractivity contribution in [3.05, 3.63) is 77.4 Å². The summed E-state index contributed by atoms with van der Waals surface area (Å²) in [6.07, 6.45) is 6.49. The quantitative estimate of drug-likeness (QED) is 0.826. The summed E-state index contributed by atoms with van der Waals surface area (Å²) in [5.41, 5.74) is 2.14. The number of rotatable bonds is 4. The van der Waals surface area contributed by atoms with E-state index < -0.39 is 0 Å². The maximum absolute atomic E-state index is 9.41. The van der Waals surface area contributed by atoms with Gasteiger partial charge in [0.05, 0.1) is 6.61 Å². The van der Waals surface area contributed by atoms with Crippen molar-refractivity contribution in [3.63, 3.8) is 0 Å². The highest BCUT2D eigenvalue weighted by Gasteiger charge is 2.26. The van der Waals surface area contributed by atoms with Crippen molar-refractivity contribution in [1.82, 2.24) is 0 Å². The molecule has 0 amide bonds. The lowest BCUT2D eigenvalue weighted by molar-refractivity contribution is 0.258. The van der Waals surface area contributed by atoms with Gasteiger partial charge >= 0.3 is 0 Å². The molecule has 0 bridgehead atoms. The number of hydrogen-bond acceptors (Lipinski definition) is 4. The number of fused-ring (bicyclic) bond motifs is 1. The van der Waals surface area contributed by atoms with Gasteiger partial charge in [-0.3, -0.25) is 0 Å². The zero-order chi connectivity index (χ0) is 18.4. The number of phenols is 1. The van der Waals surface area contributed by atoms with Crippen LogP contribution in [0.15, 0.2) is 66.3 Å². The Balaban J connectivity index is 1.97. The van der Waals surface area contributed by atoms with E-state index in [0.717, 1.165) is 23.3 Å². The third-order valence-electron chi connectivity index (χ3n) is 4.47. The predicted molar refractivity (Wildman–Crippen MR) is 99.2 cm³/mol. The lowest BCUT2D eigenvalue weighted by Gasteiger charge is -2.29. The molecule has 1 aliphatic heterocycles. The van der Waals surface area contributed by atoms with Crippen LogP contribution in [-0.4, -0.2) is 11.7 Å². The standard InChI is InChI=1S/C22H18N2O2/c23-14-17(15-24)13-18(8-5-16-6-9-19(25)10-7-16)20-11-12-26-22-4-2-1-3-21(20)22/h1-10,13,18,20,25H,11-12H2. The molecule has 0 spiro atoms. The van der Waals surface area contributed by atoms with E-state index in [1.165, 1.54) is 0 Å². The molecule has 4 heteroatoms. The summed E-state index contributed by atoms with van der Waals surface area (Å²) in [4.78, 5) is 0. The monoisotopic (exact) mass is 342 g/mol. The van der Waals surface area contributed by atoms with E-state index in [2.05, 4.69) is 0 Å². The summed E-state index contributed by atoms with van der Waals surface area (Å²) >= 11 is 0. The van der Waals surface area contributed by atoms with Crippen LogP contribution in [0.3, 0.4) is 0 Å². The maximum atomic E-state index is 9.41. The van der Waals surface area contributed by atoms with Crippen LogP contribution in [0.25, 0.3) is 6.08 Å². The van der Waals surface area contributed by atoms with Crippen molar-refractivity contribution < 1.29 is 9.84 Å². The van der Waals surface area contributed by atoms with Gasteiger partial charge in [0.2, 0.25) is 0 Å². The average Bonchev–Trinajstić information content (AvgIpc) is 2.69. The zero-order valence-electron chi connectivity index (χ0n) is 14.2. The predicted octanol–water partition coefficient (Wildman–Crippen LogP) is 4.56. The van der Waals surface area contributed by atoms with Gasteiger partial charge in [0.15, 0.2) is 0 Å². The second-order valence-electron chi connectivity index (χ2n) is 6.11. The Morgan fingerprint density at radius 1 is 1.12 bits per heavy atom. The van der Waals surface area contributed by atoms with E-state index in [9.17, 15) is 5.11 Å². The normalized spacial score (nSPS) is 16.6. The third-order valence-corrected chi connectivity index (χ3v) is 4.47. The summed E-state index contributed by atoms with van der Waals surface area (Å²) in [5.74, 6) is 1.09. The highest BCUT2D eigenvalue weighted by atomic mass is 16.5. The van der Waals surface area contributed by atoms with Gasteiger partial charge < -0.3 is 9.84 Å². The van der Waals surface area contributed by atoms with E-state index >= 15 is 0 Å². The second kappa shape index (κ2) is 8.05. The Morgan fingerprint density at radius 3 is 2.58 bits per heavy atom. The van der Waals surface area contributed by atoms with Gasteiger partial charge in [0.25, 0.3) is 0 Å². The molecule has 0 fully saturated rings. The van der Waals surface area contributed by atoms with Crippen LogP contribution in [-0.2, 0) is 0 Å². The minimum atomic E-state index is -0.108. The summed E-state index contributed by atoms with van der Waals surface area (Å²) in [7, 11) is 0. The van der Waals surface area contributed by atoms with E-state index in [0.29, 0.717) is 6.61 Å². The first-order valence-corrected chi connectivity index (χ1v) is 8.42. The Hall–Kier alpha value is -3.50. The van der Waals surface area contributed by atoms with Gasteiger partial charge in [0, 0.05) is 11.8 Å². The third kappa shape index (κ3) is 3.94. The molecule has 26 heavy (non-hydrogen) atoms. The number of hydrogen-bond donors (Lipinski definition) is 1. The van der Waals surface area contributed by atoms with Crippen LogP contribution in [0.4, 0.5) is 0 Å². The highest BCUT2D eigenvalue weighted by Crippen LogP contribution is 2.39. The number of nitriles is 2. The SMILES string of the molecule is N#CC(C#N)=CC(C=Cc1ccc(O)cc1)C1CCOc2ccccc21. The molecule has 0 saturated heterocycles. The van der Waals surface area contributed by atoms with E-state index in [1.54, 1.807) is 18.2 Å². The molecule has 128 valence electrons. The molecule has 1 N–H and O–H groups in total. The fourth-order valence-corrected chi connectivity index (χ4v) is 3.17. The molecule has 2 aromatic carbocycles. The van der Waals surface area contributed by atoms with Gasteiger partial charge in [0.1, 0.15) is 29.2 Å². The number of phenolic OH excluding ortho intramolecular Hbond substituents is 1. The maximum Gasteiger partial charge on any atom is 0.126 e. The molecule has 3 rings (SSSR count). The van der Waals surface area contributed by atoms with E-state index in [-0.39, 0.29) is 23.2 Å². The molecule has 0 saturated carbocycles. The van der Waals surface area contributed by atoms with Gasteiger partial charge in [-0.25, -0.2) is 0 Å². The van der Waals surface area contributed by atoms with Crippen LogP contribution < -0.4 is 4.74 Å². The lowest BCUT2D eigenvalue weighted by atomic mass is 9.80. The number of ether oxygens (including phenoxy) is 1. The summed E-state index contributed by atoms with van der Waals surface area (Å²) < 4.78 is 5.73. The molecular formula is C22H18N2O2. The average molecular weight is 342 g/mol. The Labute approximate surface area is 152 Å². The fraction of sp³-hybridized carbons (Fsp3) is 0.182. The van der Waals surface area contributed by atoms with Crippen molar-refractivity contribution in [1.29, 1.82) is 10.5 Å². The van der Waals surface area contributed by atoms with Gasteiger partial charge in [-0.2, -0.15) is 10.5 Å². The number of benzene rings is 2. The molecule has 1 heterocycles. The molecule has 2 aromatic rings. The summed E-state index contributed by atoms with van der Waals surface area (Å²) in [6.45, 7) is 0.605. The van der Waals surface area contributed by atoms with Crippen LogP contribution in [0.2, 0.25) is 0 Å². The molecule has 4 nitrogen and oxygen atoms in total. The van der Waals surface area contributed by atoms with Crippen LogP contribution in [0.1, 0.15) is 23.5 Å². The minimum Gasteiger partial charge on any atom is -0.508 e. The van der Waals surface area contributed by atoms with Crippen molar-refractivity contribution >= 4 is 6.08 Å². The summed E-state index contributed by atoms with van der Waals surface area (Å²) in [6, 6.07) is 18.7. The number of para-hydroxylation sites is 1. The summed E-state index contributed by atoms with van der Waals surface area (Å²) in [5, 5.41) is 27.7. The van der Waals surface area contributed by atoms with Gasteiger partial charge in [-0.15, -0.1) is 0 Å². The van der Waals surface area contributed by atoms with E-state index in [1.807, 2.05) is 60.7 Å². The topological polar surface area (TPSA) is 77.0 Å². The number of nitrogens with zero attached hydrogens (tertiary/aromatic N) is 2. The Bertz CT molecular complexity index is 898. The van der Waals surface area contributed by atoms with Gasteiger partial charge in [-0.1, -0.05) is 42.5 Å². The lowest BCUT2D eigenvalue weighted by Crippen LogP contribution is -2.19. The second-order valence-corrected chi connectivity index (χ2v) is 6.11. The first-order valence-electron chi connectivity index (χ1n) is 8.42. The minimum absolute atomic E-state index is 0.106. The zero-order valence-corrected chi connectivity index (χ0v) is 14.2. The van der Waals surface area contributed by atoms with Crippen molar-refractivity contribution in [2.24, 2.45) is 5.92 Å². The highest BCUT2D eigenvalue weighted by molar-refractivity contribution is 5.52. The van der Waals surface area contributed by atoms with E-state index in [4.69, 9.17) is 15.3 Å².